The second-order valence-electron chi connectivity index (χ2n) is 2.76. The lowest BCUT2D eigenvalue weighted by Crippen LogP contribution is -2.90. The van der Waals surface area contributed by atoms with E-state index in [0.29, 0.717) is 0 Å². The zero-order valence-electron chi connectivity index (χ0n) is 6.79. The molecule has 0 saturated carbocycles. The van der Waals surface area contributed by atoms with Gasteiger partial charge in [-0.05, 0) is 26.2 Å². The average Bonchev–Trinajstić information content (AvgIpc) is 1.87. The van der Waals surface area contributed by atoms with Crippen molar-refractivity contribution in [1.82, 2.24) is 0 Å². The quantitative estimate of drug-likeness (QED) is 0.462. The van der Waals surface area contributed by atoms with Crippen molar-refractivity contribution in [3.63, 3.8) is 0 Å². The van der Waals surface area contributed by atoms with E-state index in [9.17, 15) is 0 Å². The highest BCUT2D eigenvalue weighted by Crippen LogP contribution is 1.98. The fourth-order valence-corrected chi connectivity index (χ4v) is 1.13. The summed E-state index contributed by atoms with van der Waals surface area (Å²) >= 11 is -2.36. The molecule has 1 fully saturated rings. The molecule has 4 N–H and O–H groups in total. The molecule has 0 aliphatic carbocycles. The molecule has 1 aliphatic heterocycles. The SMILES string of the molecule is CC1CCCC[NH2+]1.NS(=O)[O-]. The molecular formula is C6H16N2O2S. The molecular weight excluding hydrogens is 164 g/mol. The Kier molecular flexibility index (Phi) is 6.74. The molecule has 0 aromatic heterocycles. The Hall–Kier alpha value is 0.0300. The van der Waals surface area contributed by atoms with Crippen molar-refractivity contribution in [3.8, 4) is 0 Å². The molecule has 4 nitrogen and oxygen atoms in total. The topological polar surface area (TPSA) is 82.8 Å². The summed E-state index contributed by atoms with van der Waals surface area (Å²) in [6, 6.07) is 0.911. The first kappa shape index (κ1) is 11.0. The lowest BCUT2D eigenvalue weighted by Gasteiger charge is -2.14. The van der Waals surface area contributed by atoms with Gasteiger partial charge in [-0.25, -0.2) is 0 Å². The van der Waals surface area contributed by atoms with Gasteiger partial charge >= 0.3 is 0 Å². The van der Waals surface area contributed by atoms with Crippen molar-refractivity contribution in [2.24, 2.45) is 5.14 Å². The monoisotopic (exact) mass is 180 g/mol. The van der Waals surface area contributed by atoms with Gasteiger partial charge in [0.2, 0.25) is 0 Å². The van der Waals surface area contributed by atoms with Gasteiger partial charge in [0.05, 0.1) is 12.6 Å². The van der Waals surface area contributed by atoms with E-state index in [0.717, 1.165) is 6.04 Å². The van der Waals surface area contributed by atoms with E-state index in [1.807, 2.05) is 0 Å². The smallest absolute Gasteiger partial charge is 0.0830 e. The molecule has 1 heterocycles. The van der Waals surface area contributed by atoms with E-state index < -0.39 is 11.3 Å². The number of hydrogen-bond acceptors (Lipinski definition) is 2. The van der Waals surface area contributed by atoms with Crippen LogP contribution in [-0.4, -0.2) is 21.3 Å². The number of hydrogen-bond donors (Lipinski definition) is 2. The van der Waals surface area contributed by atoms with E-state index >= 15 is 0 Å². The molecule has 5 heteroatoms. The van der Waals surface area contributed by atoms with Gasteiger partial charge < -0.3 is 9.87 Å². The highest BCUT2D eigenvalue weighted by atomic mass is 32.2. The third-order valence-corrected chi connectivity index (χ3v) is 1.68. The van der Waals surface area contributed by atoms with Gasteiger partial charge in [-0.1, -0.05) is 0 Å². The van der Waals surface area contributed by atoms with E-state index in [1.165, 1.54) is 25.8 Å². The Balaban J connectivity index is 0.000000218. The van der Waals surface area contributed by atoms with Gasteiger partial charge in [0.25, 0.3) is 0 Å². The van der Waals surface area contributed by atoms with E-state index in [2.05, 4.69) is 17.4 Å². The maximum atomic E-state index is 8.78. The predicted molar refractivity (Wildman–Crippen MR) is 43.2 cm³/mol. The zero-order valence-corrected chi connectivity index (χ0v) is 7.60. The van der Waals surface area contributed by atoms with E-state index in [1.54, 1.807) is 0 Å². The van der Waals surface area contributed by atoms with E-state index in [-0.39, 0.29) is 0 Å². The molecule has 1 aliphatic rings. The first-order valence-corrected chi connectivity index (χ1v) is 4.93. The van der Waals surface area contributed by atoms with Crippen molar-refractivity contribution in [1.29, 1.82) is 0 Å². The number of piperidine rings is 1. The lowest BCUT2D eigenvalue weighted by atomic mass is 10.1. The Bertz CT molecular complexity index is 111. The largest absolute Gasteiger partial charge is 0.760 e. The molecule has 0 spiro atoms. The van der Waals surface area contributed by atoms with Crippen molar-refractivity contribution in [3.05, 3.63) is 0 Å². The predicted octanol–water partition coefficient (Wildman–Crippen LogP) is -1.14. The molecule has 68 valence electrons. The van der Waals surface area contributed by atoms with Crippen LogP contribution in [-0.2, 0) is 11.3 Å². The van der Waals surface area contributed by atoms with Crippen LogP contribution in [0.1, 0.15) is 26.2 Å². The van der Waals surface area contributed by atoms with Crippen LogP contribution in [0.4, 0.5) is 0 Å². The zero-order chi connectivity index (χ0) is 8.69. The second kappa shape index (κ2) is 6.72. The van der Waals surface area contributed by atoms with Crippen molar-refractivity contribution in [2.75, 3.05) is 6.54 Å². The van der Waals surface area contributed by atoms with Crippen LogP contribution in [0, 0.1) is 0 Å². The average molecular weight is 180 g/mol. The van der Waals surface area contributed by atoms with Gasteiger partial charge in [-0.2, -0.15) is 0 Å². The Morgan fingerprint density at radius 1 is 1.64 bits per heavy atom. The minimum absolute atomic E-state index is 0.911. The summed E-state index contributed by atoms with van der Waals surface area (Å²) in [6.45, 7) is 3.67. The maximum Gasteiger partial charge on any atom is 0.0830 e. The first-order chi connectivity index (χ1) is 5.13. The maximum absolute atomic E-state index is 8.78. The minimum Gasteiger partial charge on any atom is -0.760 e. The Morgan fingerprint density at radius 2 is 2.18 bits per heavy atom. The third kappa shape index (κ3) is 10.0. The Morgan fingerprint density at radius 3 is 2.36 bits per heavy atom. The van der Waals surface area contributed by atoms with Crippen LogP contribution >= 0.6 is 0 Å². The molecule has 11 heavy (non-hydrogen) atoms. The molecule has 2 atom stereocenters. The van der Waals surface area contributed by atoms with Crippen LogP contribution in [0.15, 0.2) is 0 Å². The molecule has 1 rings (SSSR count). The molecule has 0 amide bonds. The van der Waals surface area contributed by atoms with E-state index in [4.69, 9.17) is 8.76 Å². The summed E-state index contributed by atoms with van der Waals surface area (Å²) in [5.41, 5.74) is 0. The fourth-order valence-electron chi connectivity index (χ4n) is 1.13. The molecule has 2 unspecified atom stereocenters. The summed E-state index contributed by atoms with van der Waals surface area (Å²) in [5, 5.41) is 6.46. The Labute approximate surface area is 70.0 Å². The summed E-state index contributed by atoms with van der Waals surface area (Å²) in [5.74, 6) is 0. The summed E-state index contributed by atoms with van der Waals surface area (Å²) in [6.07, 6.45) is 4.32. The number of quaternary nitrogens is 1. The van der Waals surface area contributed by atoms with Crippen LogP contribution in [0.25, 0.3) is 0 Å². The highest BCUT2D eigenvalue weighted by Gasteiger charge is 2.08. The van der Waals surface area contributed by atoms with Crippen LogP contribution in [0.5, 0.6) is 0 Å². The van der Waals surface area contributed by atoms with Crippen molar-refractivity contribution in [2.45, 2.75) is 32.2 Å². The van der Waals surface area contributed by atoms with Crippen molar-refractivity contribution < 1.29 is 14.1 Å². The number of rotatable bonds is 0. The van der Waals surface area contributed by atoms with Gasteiger partial charge in [-0.15, -0.1) is 0 Å². The molecule has 0 bridgehead atoms. The van der Waals surface area contributed by atoms with Crippen LogP contribution in [0.2, 0.25) is 0 Å². The molecule has 0 aromatic rings. The normalized spacial score (nSPS) is 26.6. The van der Waals surface area contributed by atoms with Crippen molar-refractivity contribution >= 4 is 11.3 Å². The first-order valence-electron chi connectivity index (χ1n) is 3.80. The lowest BCUT2D eigenvalue weighted by molar-refractivity contribution is -0.694. The van der Waals surface area contributed by atoms with Crippen LogP contribution < -0.4 is 10.5 Å². The standard InChI is InChI=1S/C6H13N.H3NO2S/c1-6-4-2-3-5-7-6;1-4(2)3/h6-7H,2-5H2,1H3;1H2,(H,2,3). The fraction of sp³-hybridized carbons (Fsp3) is 1.00. The third-order valence-electron chi connectivity index (χ3n) is 1.68. The van der Waals surface area contributed by atoms with Gasteiger partial charge in [-0.3, -0.25) is 9.35 Å². The van der Waals surface area contributed by atoms with Gasteiger partial charge in [0.15, 0.2) is 0 Å². The van der Waals surface area contributed by atoms with Gasteiger partial charge in [0.1, 0.15) is 0 Å². The summed E-state index contributed by atoms with van der Waals surface area (Å²) in [4.78, 5) is 0. The minimum atomic E-state index is -2.36. The summed E-state index contributed by atoms with van der Waals surface area (Å²) < 4.78 is 17.6. The number of nitrogens with two attached hydrogens (primary N) is 2. The second-order valence-corrected chi connectivity index (χ2v) is 3.28. The molecule has 0 radical (unpaired) electrons. The highest BCUT2D eigenvalue weighted by molar-refractivity contribution is 7.76. The van der Waals surface area contributed by atoms with Gasteiger partial charge in [0, 0.05) is 11.3 Å². The van der Waals surface area contributed by atoms with Crippen LogP contribution in [0.3, 0.4) is 0 Å². The molecule has 1 saturated heterocycles. The molecule has 0 aromatic carbocycles. The summed E-state index contributed by atoms with van der Waals surface area (Å²) in [7, 11) is 0.